The zero-order chi connectivity index (χ0) is 6.27. The van der Waals surface area contributed by atoms with E-state index < -0.39 is 0 Å². The summed E-state index contributed by atoms with van der Waals surface area (Å²) in [5, 5.41) is 8.64. The van der Waals surface area contributed by atoms with Crippen LogP contribution in [0.15, 0.2) is 0 Å². The van der Waals surface area contributed by atoms with Crippen LogP contribution in [0.5, 0.6) is 0 Å². The predicted molar refractivity (Wildman–Crippen MR) is 34.6 cm³/mol. The van der Waals surface area contributed by atoms with Crippen LogP contribution in [0.3, 0.4) is 0 Å². The van der Waals surface area contributed by atoms with Crippen molar-refractivity contribution >= 4 is 0 Å². The van der Waals surface area contributed by atoms with Crippen LogP contribution in [0, 0.1) is 29.1 Å². The Morgan fingerprint density at radius 3 is 2.44 bits per heavy atom. The first-order valence-electron chi connectivity index (χ1n) is 3.80. The molecule has 0 spiro atoms. The third-order valence-electron chi connectivity index (χ3n) is 2.90. The van der Waals surface area contributed by atoms with Gasteiger partial charge in [0.25, 0.3) is 0 Å². The zero-order valence-corrected chi connectivity index (χ0v) is 5.51. The summed E-state index contributed by atoms with van der Waals surface area (Å²) in [4.78, 5) is 0. The van der Waals surface area contributed by atoms with E-state index in [1.54, 1.807) is 0 Å². The Hall–Kier alpha value is -0.510. The second-order valence-corrected chi connectivity index (χ2v) is 3.41. The van der Waals surface area contributed by atoms with Crippen molar-refractivity contribution in [3.8, 4) is 6.07 Å². The monoisotopic (exact) mass is 121 g/mol. The minimum atomic E-state index is 0.434. The lowest BCUT2D eigenvalue weighted by molar-refractivity contribution is 0.402. The van der Waals surface area contributed by atoms with E-state index in [1.165, 1.54) is 25.7 Å². The Kier molecular flexibility index (Phi) is 1.02. The van der Waals surface area contributed by atoms with Gasteiger partial charge >= 0.3 is 0 Å². The van der Waals surface area contributed by atoms with Crippen LogP contribution in [-0.2, 0) is 0 Å². The first-order valence-corrected chi connectivity index (χ1v) is 3.80. The quantitative estimate of drug-likeness (QED) is 0.480. The summed E-state index contributed by atoms with van der Waals surface area (Å²) in [6.07, 6.45) is 5.31. The number of fused-ring (bicyclic) bond motifs is 2. The average molecular weight is 121 g/mol. The minimum Gasteiger partial charge on any atom is -0.198 e. The van der Waals surface area contributed by atoms with Crippen molar-refractivity contribution in [1.29, 1.82) is 5.26 Å². The highest BCUT2D eigenvalue weighted by molar-refractivity contribution is 4.99. The molecule has 2 aliphatic rings. The maximum atomic E-state index is 8.64. The number of hydrogen-bond donors (Lipinski definition) is 0. The second-order valence-electron chi connectivity index (χ2n) is 3.41. The first-order chi connectivity index (χ1) is 4.40. The molecule has 1 heteroatoms. The van der Waals surface area contributed by atoms with Gasteiger partial charge in [-0.3, -0.25) is 0 Å². The molecule has 0 aromatic heterocycles. The predicted octanol–water partition coefficient (Wildman–Crippen LogP) is 1.95. The number of nitriles is 1. The van der Waals surface area contributed by atoms with Gasteiger partial charge in [0.15, 0.2) is 0 Å². The van der Waals surface area contributed by atoms with Crippen molar-refractivity contribution < 1.29 is 0 Å². The summed E-state index contributed by atoms with van der Waals surface area (Å²) in [6.45, 7) is 0. The van der Waals surface area contributed by atoms with Crippen LogP contribution in [0.1, 0.15) is 25.7 Å². The maximum Gasteiger partial charge on any atom is 0.0658 e. The molecule has 2 rings (SSSR count). The van der Waals surface area contributed by atoms with Gasteiger partial charge in [-0.05, 0) is 31.1 Å². The fraction of sp³-hybridized carbons (Fsp3) is 0.875. The van der Waals surface area contributed by atoms with Crippen molar-refractivity contribution in [1.82, 2.24) is 0 Å². The van der Waals surface area contributed by atoms with E-state index >= 15 is 0 Å². The van der Waals surface area contributed by atoms with Crippen LogP contribution in [0.2, 0.25) is 0 Å². The van der Waals surface area contributed by atoms with Gasteiger partial charge in [0.05, 0.1) is 6.07 Å². The molecule has 0 saturated heterocycles. The van der Waals surface area contributed by atoms with Crippen molar-refractivity contribution in [2.75, 3.05) is 0 Å². The molecule has 48 valence electrons. The summed E-state index contributed by atoms with van der Waals surface area (Å²) in [5.74, 6) is 2.16. The number of rotatable bonds is 0. The molecule has 2 aliphatic carbocycles. The molecule has 0 amide bonds. The van der Waals surface area contributed by atoms with Crippen LogP contribution in [0.25, 0.3) is 0 Å². The molecule has 0 aliphatic heterocycles. The van der Waals surface area contributed by atoms with Crippen molar-refractivity contribution in [3.63, 3.8) is 0 Å². The molecule has 0 aromatic rings. The maximum absolute atomic E-state index is 8.64. The third-order valence-corrected chi connectivity index (χ3v) is 2.90. The van der Waals surface area contributed by atoms with Crippen LogP contribution in [-0.4, -0.2) is 0 Å². The van der Waals surface area contributed by atoms with Gasteiger partial charge in [0.1, 0.15) is 0 Å². The van der Waals surface area contributed by atoms with E-state index in [1.807, 2.05) is 0 Å². The Balaban J connectivity index is 2.12. The summed E-state index contributed by atoms with van der Waals surface area (Å²) in [7, 11) is 0. The van der Waals surface area contributed by atoms with E-state index in [0.717, 1.165) is 11.8 Å². The lowest BCUT2D eigenvalue weighted by Gasteiger charge is -2.12. The molecule has 2 saturated carbocycles. The summed E-state index contributed by atoms with van der Waals surface area (Å²) >= 11 is 0. The molecule has 0 radical (unpaired) electrons. The molecular formula is C8H11N. The lowest BCUT2D eigenvalue weighted by atomic mass is 9.90. The number of hydrogen-bond acceptors (Lipinski definition) is 1. The normalized spacial score (nSPS) is 47.2. The van der Waals surface area contributed by atoms with E-state index in [9.17, 15) is 0 Å². The Morgan fingerprint density at radius 2 is 2.11 bits per heavy atom. The minimum absolute atomic E-state index is 0.434. The molecular weight excluding hydrogens is 110 g/mol. The van der Waals surface area contributed by atoms with Crippen molar-refractivity contribution in [2.24, 2.45) is 17.8 Å². The van der Waals surface area contributed by atoms with E-state index in [-0.39, 0.29) is 0 Å². The molecule has 3 atom stereocenters. The Morgan fingerprint density at radius 1 is 1.22 bits per heavy atom. The summed E-state index contributed by atoms with van der Waals surface area (Å²) in [5.41, 5.74) is 0. The van der Waals surface area contributed by atoms with E-state index in [0.29, 0.717) is 5.92 Å². The number of nitrogens with zero attached hydrogens (tertiary/aromatic N) is 1. The SMILES string of the molecule is N#C[C@H]1C[C@H]2CC[C@@H]1C2. The van der Waals surface area contributed by atoms with Gasteiger partial charge in [-0.1, -0.05) is 6.42 Å². The Labute approximate surface area is 55.7 Å². The van der Waals surface area contributed by atoms with Gasteiger partial charge in [-0.25, -0.2) is 0 Å². The molecule has 0 N–H and O–H groups in total. The highest BCUT2D eigenvalue weighted by atomic mass is 14.4. The average Bonchev–Trinajstić information content (AvgIpc) is 2.45. The van der Waals surface area contributed by atoms with Gasteiger partial charge in [0, 0.05) is 5.92 Å². The fourth-order valence-corrected chi connectivity index (χ4v) is 2.40. The van der Waals surface area contributed by atoms with Crippen molar-refractivity contribution in [2.45, 2.75) is 25.7 Å². The molecule has 9 heavy (non-hydrogen) atoms. The molecule has 1 nitrogen and oxygen atoms in total. The van der Waals surface area contributed by atoms with E-state index in [4.69, 9.17) is 5.26 Å². The van der Waals surface area contributed by atoms with Gasteiger partial charge in [0.2, 0.25) is 0 Å². The standard InChI is InChI=1S/C8H11N/c9-5-8-4-6-1-2-7(8)3-6/h6-8H,1-4H2/t6-,7+,8+/m0/s1. The fourth-order valence-electron chi connectivity index (χ4n) is 2.40. The molecule has 0 aromatic carbocycles. The van der Waals surface area contributed by atoms with Crippen molar-refractivity contribution in [3.05, 3.63) is 0 Å². The van der Waals surface area contributed by atoms with Crippen LogP contribution in [0.4, 0.5) is 0 Å². The van der Waals surface area contributed by atoms with Gasteiger partial charge in [-0.15, -0.1) is 0 Å². The smallest absolute Gasteiger partial charge is 0.0658 e. The van der Waals surface area contributed by atoms with Crippen LogP contribution < -0.4 is 0 Å². The molecule has 0 unspecified atom stereocenters. The molecule has 0 heterocycles. The zero-order valence-electron chi connectivity index (χ0n) is 5.51. The molecule has 2 fully saturated rings. The highest BCUT2D eigenvalue weighted by Crippen LogP contribution is 2.47. The summed E-state index contributed by atoms with van der Waals surface area (Å²) < 4.78 is 0. The second kappa shape index (κ2) is 1.73. The highest BCUT2D eigenvalue weighted by Gasteiger charge is 2.39. The Bertz CT molecular complexity index is 156. The van der Waals surface area contributed by atoms with Gasteiger partial charge in [-0.2, -0.15) is 5.26 Å². The third kappa shape index (κ3) is 0.660. The first kappa shape index (κ1) is 5.29. The summed E-state index contributed by atoms with van der Waals surface area (Å²) in [6, 6.07) is 2.40. The largest absolute Gasteiger partial charge is 0.198 e. The topological polar surface area (TPSA) is 23.8 Å². The van der Waals surface area contributed by atoms with Gasteiger partial charge < -0.3 is 0 Å². The van der Waals surface area contributed by atoms with Crippen LogP contribution >= 0.6 is 0 Å². The lowest BCUT2D eigenvalue weighted by Crippen LogP contribution is -2.06. The molecule has 2 bridgehead atoms. The van der Waals surface area contributed by atoms with E-state index in [2.05, 4.69) is 6.07 Å².